The van der Waals surface area contributed by atoms with E-state index in [1.807, 2.05) is 23.5 Å². The molecule has 0 unspecified atom stereocenters. The minimum Gasteiger partial charge on any atom is -0.256 e. The summed E-state index contributed by atoms with van der Waals surface area (Å²) >= 11 is 7.97. The number of nitrogens with zero attached hydrogens (tertiary/aromatic N) is 1. The van der Waals surface area contributed by atoms with E-state index in [0.29, 0.717) is 5.02 Å². The van der Waals surface area contributed by atoms with Crippen LogP contribution < -0.4 is 0 Å². The third kappa shape index (κ3) is 2.11. The topological polar surface area (TPSA) is 12.9 Å². The van der Waals surface area contributed by atoms with E-state index in [4.69, 9.17) is 11.6 Å². The van der Waals surface area contributed by atoms with Crippen molar-refractivity contribution in [3.8, 4) is 11.3 Å². The van der Waals surface area contributed by atoms with Crippen LogP contribution in [0.3, 0.4) is 0 Å². The smallest absolute Gasteiger partial charge is 0.0723 e. The lowest BCUT2D eigenvalue weighted by atomic mass is 10.0. The molecule has 3 heteroatoms. The first kappa shape index (κ1) is 12.8. The van der Waals surface area contributed by atoms with E-state index in [2.05, 4.69) is 48.3 Å². The second-order valence-electron chi connectivity index (χ2n) is 5.10. The highest BCUT2D eigenvalue weighted by atomic mass is 35.5. The van der Waals surface area contributed by atoms with Gasteiger partial charge in [0.25, 0.3) is 0 Å². The van der Waals surface area contributed by atoms with Gasteiger partial charge in [0, 0.05) is 31.7 Å². The van der Waals surface area contributed by atoms with Crippen LogP contribution in [0.2, 0.25) is 5.02 Å². The Morgan fingerprint density at radius 1 is 1.00 bits per heavy atom. The predicted molar refractivity (Wildman–Crippen MR) is 92.3 cm³/mol. The summed E-state index contributed by atoms with van der Waals surface area (Å²) in [6.45, 7) is 2.15. The van der Waals surface area contributed by atoms with Gasteiger partial charge in [-0.3, -0.25) is 4.98 Å². The number of fused-ring (bicyclic) bond motifs is 3. The Labute approximate surface area is 131 Å². The average Bonchev–Trinajstić information content (AvgIpc) is 2.88. The zero-order valence-electron chi connectivity index (χ0n) is 11.4. The van der Waals surface area contributed by atoms with Gasteiger partial charge in [-0.1, -0.05) is 35.9 Å². The molecule has 4 rings (SSSR count). The molecule has 21 heavy (non-hydrogen) atoms. The Hall–Kier alpha value is -1.90. The highest BCUT2D eigenvalue weighted by Crippen LogP contribution is 2.39. The van der Waals surface area contributed by atoms with Gasteiger partial charge in [-0.15, -0.1) is 11.3 Å². The largest absolute Gasteiger partial charge is 0.256 e. The van der Waals surface area contributed by atoms with Crippen molar-refractivity contribution in [3.63, 3.8) is 0 Å². The number of benzene rings is 2. The fraction of sp³-hybridized carbons (Fsp3) is 0.0556. The highest BCUT2D eigenvalue weighted by Gasteiger charge is 2.12. The molecule has 102 valence electrons. The molecule has 0 saturated carbocycles. The summed E-state index contributed by atoms with van der Waals surface area (Å²) in [5.41, 5.74) is 2.08. The number of aromatic nitrogens is 1. The SMILES string of the molecule is Cc1cc2c(-c3cc(Cl)ccn3)cc3ccccc3c2s1. The van der Waals surface area contributed by atoms with Gasteiger partial charge in [-0.05, 0) is 42.0 Å². The number of pyridine rings is 1. The molecule has 0 fully saturated rings. The number of halogens is 1. The molecule has 0 aliphatic heterocycles. The van der Waals surface area contributed by atoms with Crippen LogP contribution in [0.25, 0.3) is 32.1 Å². The molecule has 0 radical (unpaired) electrons. The fourth-order valence-corrected chi connectivity index (χ4v) is 3.97. The molecule has 0 spiro atoms. The maximum Gasteiger partial charge on any atom is 0.0723 e. The molecule has 0 aliphatic carbocycles. The van der Waals surface area contributed by atoms with Gasteiger partial charge in [0.05, 0.1) is 5.69 Å². The Bertz CT molecular complexity index is 971. The van der Waals surface area contributed by atoms with Crippen LogP contribution in [0.1, 0.15) is 4.88 Å². The molecular formula is C18H12ClNS. The van der Waals surface area contributed by atoms with Crippen molar-refractivity contribution in [1.29, 1.82) is 0 Å². The monoisotopic (exact) mass is 309 g/mol. The number of hydrogen-bond acceptors (Lipinski definition) is 2. The molecule has 0 amide bonds. The molecule has 2 heterocycles. The predicted octanol–water partition coefficient (Wildman–Crippen LogP) is 6.08. The Balaban J connectivity index is 2.16. The minimum absolute atomic E-state index is 0.716. The van der Waals surface area contributed by atoms with Gasteiger partial charge >= 0.3 is 0 Å². The van der Waals surface area contributed by atoms with Gasteiger partial charge in [-0.2, -0.15) is 0 Å². The summed E-state index contributed by atoms with van der Waals surface area (Å²) in [6.07, 6.45) is 1.76. The van der Waals surface area contributed by atoms with Gasteiger partial charge in [-0.25, -0.2) is 0 Å². The first-order valence-electron chi connectivity index (χ1n) is 6.76. The quantitative estimate of drug-likeness (QED) is 0.415. The van der Waals surface area contributed by atoms with Crippen molar-refractivity contribution in [3.05, 3.63) is 64.6 Å². The molecule has 1 nitrogen and oxygen atoms in total. The summed E-state index contributed by atoms with van der Waals surface area (Å²) in [6, 6.07) is 16.7. The summed E-state index contributed by atoms with van der Waals surface area (Å²) in [5, 5.41) is 4.51. The van der Waals surface area contributed by atoms with E-state index in [0.717, 1.165) is 11.3 Å². The van der Waals surface area contributed by atoms with Crippen molar-refractivity contribution >= 4 is 43.8 Å². The third-order valence-electron chi connectivity index (χ3n) is 3.65. The Morgan fingerprint density at radius 2 is 1.86 bits per heavy atom. The van der Waals surface area contributed by atoms with Crippen molar-refractivity contribution in [2.24, 2.45) is 0 Å². The minimum atomic E-state index is 0.716. The first-order valence-corrected chi connectivity index (χ1v) is 7.95. The molecule has 4 aromatic rings. The second kappa shape index (κ2) is 4.83. The highest BCUT2D eigenvalue weighted by molar-refractivity contribution is 7.20. The molecule has 0 bridgehead atoms. The first-order chi connectivity index (χ1) is 10.2. The van der Waals surface area contributed by atoms with Crippen molar-refractivity contribution in [1.82, 2.24) is 4.98 Å². The Kier molecular flexibility index (Phi) is 2.95. The van der Waals surface area contributed by atoms with Crippen LogP contribution in [-0.2, 0) is 0 Å². The van der Waals surface area contributed by atoms with Crippen LogP contribution in [0.15, 0.2) is 54.7 Å². The fourth-order valence-electron chi connectivity index (χ4n) is 2.74. The molecule has 2 aromatic heterocycles. The van der Waals surface area contributed by atoms with Crippen LogP contribution in [0, 0.1) is 6.92 Å². The van der Waals surface area contributed by atoms with Crippen molar-refractivity contribution in [2.45, 2.75) is 6.92 Å². The zero-order chi connectivity index (χ0) is 14.4. The van der Waals surface area contributed by atoms with Crippen LogP contribution in [0.5, 0.6) is 0 Å². The van der Waals surface area contributed by atoms with Gasteiger partial charge in [0.1, 0.15) is 0 Å². The molecule has 0 saturated heterocycles. The normalized spacial score (nSPS) is 11.3. The van der Waals surface area contributed by atoms with E-state index < -0.39 is 0 Å². The molecule has 0 aliphatic rings. The van der Waals surface area contributed by atoms with Crippen LogP contribution >= 0.6 is 22.9 Å². The molecular weight excluding hydrogens is 298 g/mol. The number of thiophene rings is 1. The number of hydrogen-bond donors (Lipinski definition) is 0. The van der Waals surface area contributed by atoms with Gasteiger partial charge in [0.2, 0.25) is 0 Å². The van der Waals surface area contributed by atoms with E-state index >= 15 is 0 Å². The lowest BCUT2D eigenvalue weighted by Crippen LogP contribution is -1.85. The zero-order valence-corrected chi connectivity index (χ0v) is 13.0. The van der Waals surface area contributed by atoms with E-state index in [9.17, 15) is 0 Å². The van der Waals surface area contributed by atoms with Crippen molar-refractivity contribution < 1.29 is 0 Å². The van der Waals surface area contributed by atoms with E-state index in [1.165, 1.54) is 25.7 Å². The summed E-state index contributed by atoms with van der Waals surface area (Å²) in [5.74, 6) is 0. The second-order valence-corrected chi connectivity index (χ2v) is 6.80. The average molecular weight is 310 g/mol. The van der Waals surface area contributed by atoms with Crippen LogP contribution in [0.4, 0.5) is 0 Å². The summed E-state index contributed by atoms with van der Waals surface area (Å²) in [4.78, 5) is 5.81. The lowest BCUT2D eigenvalue weighted by Gasteiger charge is -2.07. The maximum atomic E-state index is 6.13. The maximum absolute atomic E-state index is 6.13. The van der Waals surface area contributed by atoms with Crippen LogP contribution in [-0.4, -0.2) is 4.98 Å². The Morgan fingerprint density at radius 3 is 2.71 bits per heavy atom. The number of rotatable bonds is 1. The summed E-state index contributed by atoms with van der Waals surface area (Å²) in [7, 11) is 0. The standard InChI is InChI=1S/C18H12ClNS/c1-11-8-16-15(17-10-13(19)6-7-20-17)9-12-4-2-3-5-14(12)18(16)21-11/h2-10H,1H3. The number of aryl methyl sites for hydroxylation is 1. The molecule has 2 aromatic carbocycles. The van der Waals surface area contributed by atoms with Crippen molar-refractivity contribution in [2.75, 3.05) is 0 Å². The summed E-state index contributed by atoms with van der Waals surface area (Å²) < 4.78 is 1.32. The van der Waals surface area contributed by atoms with E-state index in [-0.39, 0.29) is 0 Å². The molecule has 0 N–H and O–H groups in total. The van der Waals surface area contributed by atoms with E-state index in [1.54, 1.807) is 6.20 Å². The third-order valence-corrected chi connectivity index (χ3v) is 4.97. The van der Waals surface area contributed by atoms with Gasteiger partial charge in [0.15, 0.2) is 0 Å². The lowest BCUT2D eigenvalue weighted by molar-refractivity contribution is 1.33. The van der Waals surface area contributed by atoms with Gasteiger partial charge < -0.3 is 0 Å². The molecule has 0 atom stereocenters.